The maximum atomic E-state index is 12.7. The van der Waals surface area contributed by atoms with Gasteiger partial charge in [-0.05, 0) is 36.4 Å². The number of benzene rings is 2. The van der Waals surface area contributed by atoms with Crippen LogP contribution in [0.15, 0.2) is 76.5 Å². The molecule has 1 N–H and O–H groups in total. The van der Waals surface area contributed by atoms with Crippen LogP contribution in [-0.2, 0) is 0 Å². The van der Waals surface area contributed by atoms with Gasteiger partial charge in [-0.25, -0.2) is 4.98 Å². The fourth-order valence-electron chi connectivity index (χ4n) is 2.31. The molecule has 26 heavy (non-hydrogen) atoms. The van der Waals surface area contributed by atoms with Crippen molar-refractivity contribution >= 4 is 40.8 Å². The van der Waals surface area contributed by atoms with Crippen LogP contribution in [0.25, 0.3) is 0 Å². The molecule has 0 aliphatic rings. The minimum Gasteiger partial charge on any atom is -0.363 e. The van der Waals surface area contributed by atoms with Crippen LogP contribution < -0.4 is 10.2 Å². The summed E-state index contributed by atoms with van der Waals surface area (Å²) < 4.78 is 0. The number of carbonyl (C=O) groups excluding carboxylic acids is 1. The van der Waals surface area contributed by atoms with Gasteiger partial charge in [0.2, 0.25) is 0 Å². The summed E-state index contributed by atoms with van der Waals surface area (Å²) in [4.78, 5) is 20.8. The molecule has 3 rings (SSSR count). The molecule has 0 aliphatic heterocycles. The molecule has 0 bridgehead atoms. The van der Waals surface area contributed by atoms with E-state index >= 15 is 0 Å². The summed E-state index contributed by atoms with van der Waals surface area (Å²) in [6.45, 7) is 0. The summed E-state index contributed by atoms with van der Waals surface area (Å²) in [6, 6.07) is 21.0. The predicted molar refractivity (Wildman–Crippen MR) is 109 cm³/mol. The van der Waals surface area contributed by atoms with Crippen molar-refractivity contribution in [2.24, 2.45) is 0 Å². The third-order valence-electron chi connectivity index (χ3n) is 3.61. The van der Waals surface area contributed by atoms with Gasteiger partial charge in [0.15, 0.2) is 0 Å². The van der Waals surface area contributed by atoms with Gasteiger partial charge in [-0.15, -0.1) is 0 Å². The highest BCUT2D eigenvalue weighted by Gasteiger charge is 2.13. The molecule has 1 aromatic heterocycles. The molecule has 0 fully saturated rings. The predicted octanol–water partition coefficient (Wildman–Crippen LogP) is 5.20. The number of aromatic nitrogens is 1. The van der Waals surface area contributed by atoms with E-state index in [1.54, 1.807) is 23.9 Å². The number of hydrogen-bond acceptors (Lipinski definition) is 4. The van der Waals surface area contributed by atoms with Crippen LogP contribution >= 0.6 is 23.4 Å². The summed E-state index contributed by atoms with van der Waals surface area (Å²) >= 11 is 7.66. The Labute approximate surface area is 162 Å². The highest BCUT2D eigenvalue weighted by Crippen LogP contribution is 2.33. The van der Waals surface area contributed by atoms with Gasteiger partial charge >= 0.3 is 0 Å². The van der Waals surface area contributed by atoms with Gasteiger partial charge < -0.3 is 10.2 Å². The second-order valence-electron chi connectivity index (χ2n) is 5.80. The Hall–Kier alpha value is -2.50. The number of para-hydroxylation sites is 1. The normalized spacial score (nSPS) is 10.4. The van der Waals surface area contributed by atoms with Gasteiger partial charge in [0.1, 0.15) is 11.0 Å². The van der Waals surface area contributed by atoms with Gasteiger partial charge in [0.25, 0.3) is 5.91 Å². The number of hydrogen-bond donors (Lipinski definition) is 1. The Bertz CT molecular complexity index is 916. The van der Waals surface area contributed by atoms with E-state index in [0.717, 1.165) is 15.5 Å². The summed E-state index contributed by atoms with van der Waals surface area (Å²) in [5.74, 6) is 0.410. The van der Waals surface area contributed by atoms with Crippen molar-refractivity contribution in [1.29, 1.82) is 0 Å². The molecule has 0 radical (unpaired) electrons. The van der Waals surface area contributed by atoms with E-state index in [4.69, 9.17) is 11.6 Å². The lowest BCUT2D eigenvalue weighted by Gasteiger charge is -2.14. The molecular weight excluding hydrogens is 366 g/mol. The molecule has 0 saturated heterocycles. The molecule has 0 saturated carbocycles. The van der Waals surface area contributed by atoms with E-state index in [1.807, 2.05) is 73.6 Å². The molecule has 132 valence electrons. The monoisotopic (exact) mass is 383 g/mol. The Morgan fingerprint density at radius 3 is 2.46 bits per heavy atom. The van der Waals surface area contributed by atoms with E-state index in [9.17, 15) is 4.79 Å². The van der Waals surface area contributed by atoms with Crippen molar-refractivity contribution in [3.8, 4) is 0 Å². The van der Waals surface area contributed by atoms with Crippen LogP contribution in [0.1, 0.15) is 10.4 Å². The fourth-order valence-corrected chi connectivity index (χ4v) is 3.44. The SMILES string of the molecule is CN(C)c1cc(C(=O)Nc2ccccc2Sc2ccccc2)cc(Cl)n1. The highest BCUT2D eigenvalue weighted by molar-refractivity contribution is 7.99. The van der Waals surface area contributed by atoms with Crippen molar-refractivity contribution in [2.75, 3.05) is 24.3 Å². The average molecular weight is 384 g/mol. The summed E-state index contributed by atoms with van der Waals surface area (Å²) in [7, 11) is 3.71. The Morgan fingerprint density at radius 1 is 1.04 bits per heavy atom. The lowest BCUT2D eigenvalue weighted by Crippen LogP contribution is -2.16. The second-order valence-corrected chi connectivity index (χ2v) is 7.30. The number of carbonyl (C=O) groups is 1. The summed E-state index contributed by atoms with van der Waals surface area (Å²) in [5.41, 5.74) is 1.22. The molecule has 1 heterocycles. The molecule has 4 nitrogen and oxygen atoms in total. The number of nitrogens with one attached hydrogen (secondary N) is 1. The zero-order valence-electron chi connectivity index (χ0n) is 14.4. The largest absolute Gasteiger partial charge is 0.363 e. The maximum absolute atomic E-state index is 12.7. The minimum atomic E-state index is -0.224. The number of nitrogens with zero attached hydrogens (tertiary/aromatic N) is 2. The second kappa shape index (κ2) is 8.25. The first kappa shape index (κ1) is 18.3. The van der Waals surface area contributed by atoms with Crippen LogP contribution in [0.5, 0.6) is 0 Å². The molecule has 1 amide bonds. The van der Waals surface area contributed by atoms with Crippen molar-refractivity contribution in [2.45, 2.75) is 9.79 Å². The topological polar surface area (TPSA) is 45.2 Å². The standard InChI is InChI=1S/C20H18ClN3OS/c1-24(2)19-13-14(12-18(21)23-19)20(25)22-16-10-6-7-11-17(16)26-15-8-4-3-5-9-15/h3-13H,1-2H3,(H,22,25). The molecule has 0 aliphatic carbocycles. The smallest absolute Gasteiger partial charge is 0.255 e. The average Bonchev–Trinajstić information content (AvgIpc) is 2.63. The summed E-state index contributed by atoms with van der Waals surface area (Å²) in [6.07, 6.45) is 0. The molecule has 0 spiro atoms. The van der Waals surface area contributed by atoms with E-state index in [0.29, 0.717) is 11.4 Å². The van der Waals surface area contributed by atoms with Crippen LogP contribution in [-0.4, -0.2) is 25.0 Å². The molecule has 2 aromatic carbocycles. The molecule has 0 atom stereocenters. The van der Waals surface area contributed by atoms with Gasteiger partial charge in [-0.3, -0.25) is 4.79 Å². The van der Waals surface area contributed by atoms with E-state index in [2.05, 4.69) is 10.3 Å². The quantitative estimate of drug-likeness (QED) is 0.614. The number of amides is 1. The van der Waals surface area contributed by atoms with Crippen LogP contribution in [0.2, 0.25) is 5.15 Å². The van der Waals surface area contributed by atoms with E-state index < -0.39 is 0 Å². The first-order valence-corrected chi connectivity index (χ1v) is 9.20. The Balaban J connectivity index is 1.84. The van der Waals surface area contributed by atoms with Crippen LogP contribution in [0, 0.1) is 0 Å². The van der Waals surface area contributed by atoms with Crippen LogP contribution in [0.3, 0.4) is 0 Å². The van der Waals surface area contributed by atoms with Crippen LogP contribution in [0.4, 0.5) is 11.5 Å². The minimum absolute atomic E-state index is 0.224. The number of halogens is 1. The zero-order chi connectivity index (χ0) is 18.5. The zero-order valence-corrected chi connectivity index (χ0v) is 16.0. The van der Waals surface area contributed by atoms with Crippen molar-refractivity contribution in [3.05, 3.63) is 77.4 Å². The van der Waals surface area contributed by atoms with Gasteiger partial charge in [0, 0.05) is 29.4 Å². The Morgan fingerprint density at radius 2 is 1.73 bits per heavy atom. The maximum Gasteiger partial charge on any atom is 0.255 e. The van der Waals surface area contributed by atoms with Gasteiger partial charge in [-0.2, -0.15) is 0 Å². The molecule has 3 aromatic rings. The first-order chi connectivity index (χ1) is 12.5. The number of anilines is 2. The third kappa shape index (κ3) is 4.56. The van der Waals surface area contributed by atoms with Gasteiger partial charge in [0.05, 0.1) is 5.69 Å². The van der Waals surface area contributed by atoms with Gasteiger partial charge in [-0.1, -0.05) is 53.7 Å². The number of pyridine rings is 1. The van der Waals surface area contributed by atoms with E-state index in [-0.39, 0.29) is 11.1 Å². The first-order valence-electron chi connectivity index (χ1n) is 8.01. The molecular formula is C20H18ClN3OS. The highest BCUT2D eigenvalue weighted by atomic mass is 35.5. The Kier molecular flexibility index (Phi) is 5.81. The lowest BCUT2D eigenvalue weighted by atomic mass is 10.2. The third-order valence-corrected chi connectivity index (χ3v) is 4.88. The fraction of sp³-hybridized carbons (Fsp3) is 0.100. The molecule has 6 heteroatoms. The van der Waals surface area contributed by atoms with Crippen molar-refractivity contribution in [3.63, 3.8) is 0 Å². The van der Waals surface area contributed by atoms with E-state index in [1.165, 1.54) is 0 Å². The molecule has 0 unspecified atom stereocenters. The summed E-state index contributed by atoms with van der Waals surface area (Å²) in [5, 5.41) is 3.26. The van der Waals surface area contributed by atoms with Crippen molar-refractivity contribution < 1.29 is 4.79 Å². The lowest BCUT2D eigenvalue weighted by molar-refractivity contribution is 0.102. The van der Waals surface area contributed by atoms with Crippen molar-refractivity contribution in [1.82, 2.24) is 4.98 Å². The number of rotatable bonds is 5.